The molecule has 0 unspecified atom stereocenters. The number of carbonyl (C=O) groups excluding carboxylic acids is 2. The second kappa shape index (κ2) is 6.86. The second-order valence-electron chi connectivity index (χ2n) is 7.09. The van der Waals surface area contributed by atoms with Crippen LogP contribution in [0.5, 0.6) is 5.75 Å². The number of amides is 1. The van der Waals surface area contributed by atoms with Gasteiger partial charge in [-0.15, -0.1) is 0 Å². The van der Waals surface area contributed by atoms with Gasteiger partial charge >= 0.3 is 0 Å². The van der Waals surface area contributed by atoms with E-state index in [4.69, 9.17) is 4.74 Å². The molecule has 6 heteroatoms. The van der Waals surface area contributed by atoms with Crippen LogP contribution in [0.2, 0.25) is 0 Å². The lowest BCUT2D eigenvalue weighted by molar-refractivity contribution is 0.0129. The lowest BCUT2D eigenvalue weighted by Crippen LogP contribution is -2.51. The normalized spacial score (nSPS) is 20.3. The Labute approximate surface area is 157 Å². The van der Waals surface area contributed by atoms with E-state index in [-0.39, 0.29) is 11.7 Å². The van der Waals surface area contributed by atoms with Crippen molar-refractivity contribution in [3.8, 4) is 11.8 Å². The number of nitrogens with zero attached hydrogens (tertiary/aromatic N) is 1. The van der Waals surface area contributed by atoms with E-state index in [1.165, 1.54) is 7.11 Å². The molecule has 0 saturated carbocycles. The quantitative estimate of drug-likeness (QED) is 0.872. The molecule has 1 amide bonds. The van der Waals surface area contributed by atoms with E-state index in [1.54, 1.807) is 56.3 Å². The molecule has 0 radical (unpaired) electrons. The SMILES string of the molecule is COc1ccc(C(=O)N[C@@H]2c3cc(C#N)ccc3C(=O)C(C)(C)[C@H]2O)cc1. The van der Waals surface area contributed by atoms with Gasteiger partial charge in [-0.2, -0.15) is 5.26 Å². The summed E-state index contributed by atoms with van der Waals surface area (Å²) < 4.78 is 5.09. The number of aliphatic hydroxyl groups excluding tert-OH is 1. The standard InChI is InChI=1S/C21H20N2O4/c1-21(2)18(24)15-9-4-12(11-22)10-16(15)17(19(21)25)23-20(26)13-5-7-14(27-3)8-6-13/h4-10,17,19,25H,1-3H3,(H,23,26)/t17-,19+/m1/s1. The molecule has 2 aromatic carbocycles. The molecular weight excluding hydrogens is 344 g/mol. The van der Waals surface area contributed by atoms with Crippen molar-refractivity contribution in [2.75, 3.05) is 7.11 Å². The predicted molar refractivity (Wildman–Crippen MR) is 98.5 cm³/mol. The van der Waals surface area contributed by atoms with Gasteiger partial charge in [0, 0.05) is 11.1 Å². The van der Waals surface area contributed by atoms with Gasteiger partial charge in [-0.25, -0.2) is 0 Å². The van der Waals surface area contributed by atoms with Gasteiger partial charge in [0.2, 0.25) is 0 Å². The molecule has 0 fully saturated rings. The Balaban J connectivity index is 2.00. The summed E-state index contributed by atoms with van der Waals surface area (Å²) in [6.45, 7) is 3.29. The summed E-state index contributed by atoms with van der Waals surface area (Å²) in [5.41, 5.74) is 0.545. The predicted octanol–water partition coefficient (Wildman–Crippen LogP) is 2.62. The fourth-order valence-electron chi connectivity index (χ4n) is 3.29. The zero-order valence-corrected chi connectivity index (χ0v) is 15.3. The highest BCUT2D eigenvalue weighted by Crippen LogP contribution is 2.41. The number of Topliss-reactive ketones (excluding diaryl/α,β-unsaturated/α-hetero) is 1. The molecule has 2 atom stereocenters. The molecule has 3 rings (SSSR count). The highest BCUT2D eigenvalue weighted by Gasteiger charge is 2.47. The molecule has 2 aromatic rings. The Kier molecular flexibility index (Phi) is 4.73. The van der Waals surface area contributed by atoms with Crippen molar-refractivity contribution in [3.05, 3.63) is 64.7 Å². The summed E-state index contributed by atoms with van der Waals surface area (Å²) in [6, 6.07) is 12.5. The fourth-order valence-corrected chi connectivity index (χ4v) is 3.29. The third kappa shape index (κ3) is 3.18. The maximum Gasteiger partial charge on any atom is 0.251 e. The van der Waals surface area contributed by atoms with Crippen LogP contribution in [0.25, 0.3) is 0 Å². The maximum atomic E-state index is 12.8. The summed E-state index contributed by atoms with van der Waals surface area (Å²) in [7, 11) is 1.54. The van der Waals surface area contributed by atoms with E-state index in [1.807, 2.05) is 6.07 Å². The van der Waals surface area contributed by atoms with Crippen LogP contribution >= 0.6 is 0 Å². The molecular formula is C21H20N2O4. The first-order valence-corrected chi connectivity index (χ1v) is 8.51. The summed E-state index contributed by atoms with van der Waals surface area (Å²) in [5.74, 6) is 0.0181. The minimum Gasteiger partial charge on any atom is -0.497 e. The van der Waals surface area contributed by atoms with E-state index < -0.39 is 17.6 Å². The number of carbonyl (C=O) groups is 2. The number of ketones is 1. The van der Waals surface area contributed by atoms with E-state index >= 15 is 0 Å². The smallest absolute Gasteiger partial charge is 0.251 e. The molecule has 0 bridgehead atoms. The van der Waals surface area contributed by atoms with Crippen LogP contribution in [0.4, 0.5) is 0 Å². The number of nitriles is 1. The van der Waals surface area contributed by atoms with Crippen molar-refractivity contribution in [1.29, 1.82) is 5.26 Å². The van der Waals surface area contributed by atoms with Crippen LogP contribution in [0.3, 0.4) is 0 Å². The van der Waals surface area contributed by atoms with Crippen LogP contribution in [-0.2, 0) is 0 Å². The van der Waals surface area contributed by atoms with Gasteiger partial charge in [0.1, 0.15) is 5.75 Å². The van der Waals surface area contributed by atoms with Gasteiger partial charge in [0.25, 0.3) is 5.91 Å². The number of rotatable bonds is 3. The van der Waals surface area contributed by atoms with E-state index in [2.05, 4.69) is 5.32 Å². The zero-order valence-electron chi connectivity index (χ0n) is 15.3. The fraction of sp³-hybridized carbons (Fsp3) is 0.286. The van der Waals surface area contributed by atoms with Crippen LogP contribution in [0.15, 0.2) is 42.5 Å². The van der Waals surface area contributed by atoms with Gasteiger partial charge in [-0.3, -0.25) is 9.59 Å². The number of nitrogens with one attached hydrogen (secondary N) is 1. The highest BCUT2D eigenvalue weighted by atomic mass is 16.5. The van der Waals surface area contributed by atoms with Crippen molar-refractivity contribution in [1.82, 2.24) is 5.32 Å². The molecule has 1 aliphatic rings. The van der Waals surface area contributed by atoms with Crippen molar-refractivity contribution in [3.63, 3.8) is 0 Å². The summed E-state index contributed by atoms with van der Waals surface area (Å²) in [6.07, 6.45) is -1.13. The first-order valence-electron chi connectivity index (χ1n) is 8.51. The lowest BCUT2D eigenvalue weighted by atomic mass is 9.68. The van der Waals surface area contributed by atoms with Gasteiger partial charge in [0.05, 0.1) is 36.3 Å². The Bertz CT molecular complexity index is 942. The summed E-state index contributed by atoms with van der Waals surface area (Å²) >= 11 is 0. The van der Waals surface area contributed by atoms with Gasteiger partial charge in [0.15, 0.2) is 5.78 Å². The van der Waals surface area contributed by atoms with Gasteiger partial charge in [-0.1, -0.05) is 0 Å². The third-order valence-electron chi connectivity index (χ3n) is 5.04. The number of hydrogen-bond donors (Lipinski definition) is 2. The molecule has 0 aliphatic heterocycles. The Morgan fingerprint density at radius 3 is 2.48 bits per heavy atom. The Morgan fingerprint density at radius 1 is 1.22 bits per heavy atom. The number of fused-ring (bicyclic) bond motifs is 1. The van der Waals surface area contributed by atoms with E-state index in [0.29, 0.717) is 28.0 Å². The number of ether oxygens (including phenoxy) is 1. The number of hydrogen-bond acceptors (Lipinski definition) is 5. The van der Waals surface area contributed by atoms with Crippen molar-refractivity contribution < 1.29 is 19.4 Å². The highest BCUT2D eigenvalue weighted by molar-refractivity contribution is 6.04. The minimum absolute atomic E-state index is 0.218. The average Bonchev–Trinajstić information content (AvgIpc) is 2.69. The molecule has 0 spiro atoms. The van der Waals surface area contributed by atoms with Crippen LogP contribution in [0, 0.1) is 16.7 Å². The topological polar surface area (TPSA) is 99.4 Å². The van der Waals surface area contributed by atoms with Crippen LogP contribution in [0.1, 0.15) is 51.7 Å². The number of aliphatic hydroxyl groups is 1. The largest absolute Gasteiger partial charge is 0.497 e. The molecule has 0 heterocycles. The van der Waals surface area contributed by atoms with E-state index in [0.717, 1.165) is 0 Å². The molecule has 0 aromatic heterocycles. The number of methoxy groups -OCH3 is 1. The monoisotopic (exact) mass is 364 g/mol. The van der Waals surface area contributed by atoms with E-state index in [9.17, 15) is 20.0 Å². The molecule has 0 saturated heterocycles. The van der Waals surface area contributed by atoms with Crippen LogP contribution in [-0.4, -0.2) is 30.0 Å². The molecule has 138 valence electrons. The second-order valence-corrected chi connectivity index (χ2v) is 7.09. The average molecular weight is 364 g/mol. The molecule has 1 aliphatic carbocycles. The maximum absolute atomic E-state index is 12.8. The molecule has 6 nitrogen and oxygen atoms in total. The summed E-state index contributed by atoms with van der Waals surface area (Å²) in [4.78, 5) is 25.5. The first kappa shape index (κ1) is 18.6. The van der Waals surface area contributed by atoms with Crippen LogP contribution < -0.4 is 10.1 Å². The Morgan fingerprint density at radius 2 is 1.89 bits per heavy atom. The summed E-state index contributed by atoms with van der Waals surface area (Å²) in [5, 5.41) is 22.8. The lowest BCUT2D eigenvalue weighted by Gasteiger charge is -2.40. The zero-order chi connectivity index (χ0) is 19.8. The number of benzene rings is 2. The van der Waals surface area contributed by atoms with Crippen molar-refractivity contribution in [2.24, 2.45) is 5.41 Å². The van der Waals surface area contributed by atoms with Crippen molar-refractivity contribution in [2.45, 2.75) is 26.0 Å². The third-order valence-corrected chi connectivity index (χ3v) is 5.04. The van der Waals surface area contributed by atoms with Crippen molar-refractivity contribution >= 4 is 11.7 Å². The minimum atomic E-state index is -1.13. The Hall–Kier alpha value is -3.17. The molecule has 27 heavy (non-hydrogen) atoms. The van der Waals surface area contributed by atoms with Gasteiger partial charge in [-0.05, 0) is 61.9 Å². The van der Waals surface area contributed by atoms with Gasteiger partial charge < -0.3 is 15.2 Å². The molecule has 2 N–H and O–H groups in total. The first-order chi connectivity index (χ1) is 12.8.